The average Bonchev–Trinajstić information content (AvgIpc) is 3.09. The highest BCUT2D eigenvalue weighted by molar-refractivity contribution is 5.71. The molecule has 0 aliphatic carbocycles. The first-order valence-electron chi connectivity index (χ1n) is 9.73. The number of nitrogens with zero attached hydrogens (tertiary/aromatic N) is 2. The van der Waals surface area contributed by atoms with Crippen molar-refractivity contribution in [2.24, 2.45) is 0 Å². The van der Waals surface area contributed by atoms with Crippen LogP contribution < -0.4 is 0 Å². The van der Waals surface area contributed by atoms with E-state index in [0.29, 0.717) is 0 Å². The van der Waals surface area contributed by atoms with Crippen molar-refractivity contribution in [1.29, 1.82) is 0 Å². The van der Waals surface area contributed by atoms with Gasteiger partial charge in [-0.2, -0.15) is 0 Å². The third-order valence-electron chi connectivity index (χ3n) is 5.31. The number of imidazole rings is 1. The van der Waals surface area contributed by atoms with E-state index in [-0.39, 0.29) is 0 Å². The first-order chi connectivity index (χ1) is 13.4. The Labute approximate surface area is 167 Å². The number of aromatic nitrogens is 2. The molecule has 0 fully saturated rings. The molecule has 0 spiro atoms. The van der Waals surface area contributed by atoms with Crippen molar-refractivity contribution in [3.8, 4) is 28.2 Å². The lowest BCUT2D eigenvalue weighted by molar-refractivity contribution is 1.03. The van der Waals surface area contributed by atoms with Crippen molar-refractivity contribution in [1.82, 2.24) is 9.55 Å². The number of rotatable bonds is 3. The van der Waals surface area contributed by atoms with E-state index in [1.807, 2.05) is 6.20 Å². The summed E-state index contributed by atoms with van der Waals surface area (Å²) in [6.07, 6.45) is 3.95. The summed E-state index contributed by atoms with van der Waals surface area (Å²) in [6.45, 7) is 10.8. The van der Waals surface area contributed by atoms with E-state index >= 15 is 0 Å². The average molecular weight is 367 g/mol. The van der Waals surface area contributed by atoms with Crippen LogP contribution in [0, 0.1) is 34.6 Å². The first-order valence-corrected chi connectivity index (χ1v) is 9.73. The summed E-state index contributed by atoms with van der Waals surface area (Å²) in [4.78, 5) is 4.67. The van der Waals surface area contributed by atoms with Crippen LogP contribution >= 0.6 is 0 Å². The van der Waals surface area contributed by atoms with Gasteiger partial charge in [0, 0.05) is 18.0 Å². The molecule has 1 heterocycles. The fraction of sp³-hybridized carbons (Fsp3) is 0.192. The summed E-state index contributed by atoms with van der Waals surface area (Å²) in [6, 6.07) is 19.7. The molecular weight excluding hydrogens is 340 g/mol. The lowest BCUT2D eigenvalue weighted by atomic mass is 9.96. The second-order valence-electron chi connectivity index (χ2n) is 7.77. The van der Waals surface area contributed by atoms with E-state index in [2.05, 4.69) is 105 Å². The molecule has 0 aliphatic rings. The summed E-state index contributed by atoms with van der Waals surface area (Å²) in [5, 5.41) is 0. The number of hydrogen-bond donors (Lipinski definition) is 0. The molecule has 2 heteroatoms. The Morgan fingerprint density at radius 3 is 1.93 bits per heavy atom. The predicted octanol–water partition coefficient (Wildman–Crippen LogP) is 6.75. The van der Waals surface area contributed by atoms with E-state index in [9.17, 15) is 0 Å². The second kappa shape index (κ2) is 7.12. The fourth-order valence-electron chi connectivity index (χ4n) is 4.15. The highest BCUT2D eigenvalue weighted by Crippen LogP contribution is 2.32. The quantitative estimate of drug-likeness (QED) is 0.392. The van der Waals surface area contributed by atoms with Gasteiger partial charge in [0.15, 0.2) is 0 Å². The van der Waals surface area contributed by atoms with Crippen molar-refractivity contribution in [2.45, 2.75) is 34.6 Å². The molecule has 1 aromatic heterocycles. The lowest BCUT2D eigenvalue weighted by Crippen LogP contribution is -2.03. The summed E-state index contributed by atoms with van der Waals surface area (Å²) in [5.41, 5.74) is 11.3. The Hall–Kier alpha value is -3.13. The summed E-state index contributed by atoms with van der Waals surface area (Å²) < 4.78 is 2.22. The third-order valence-corrected chi connectivity index (χ3v) is 5.31. The zero-order valence-corrected chi connectivity index (χ0v) is 17.2. The summed E-state index contributed by atoms with van der Waals surface area (Å²) in [7, 11) is 0. The van der Waals surface area contributed by atoms with Gasteiger partial charge in [-0.25, -0.2) is 4.98 Å². The van der Waals surface area contributed by atoms with E-state index < -0.39 is 0 Å². The molecule has 4 rings (SSSR count). The zero-order chi connectivity index (χ0) is 19.8. The first kappa shape index (κ1) is 18.2. The van der Waals surface area contributed by atoms with Gasteiger partial charge >= 0.3 is 0 Å². The van der Waals surface area contributed by atoms with Crippen LogP contribution in [0.1, 0.15) is 27.8 Å². The van der Waals surface area contributed by atoms with Gasteiger partial charge in [0.2, 0.25) is 0 Å². The molecule has 0 N–H and O–H groups in total. The van der Waals surface area contributed by atoms with E-state index in [4.69, 9.17) is 0 Å². The maximum absolute atomic E-state index is 4.67. The predicted molar refractivity (Wildman–Crippen MR) is 118 cm³/mol. The van der Waals surface area contributed by atoms with Crippen LogP contribution in [0.3, 0.4) is 0 Å². The maximum atomic E-state index is 4.67. The molecule has 0 atom stereocenters. The van der Waals surface area contributed by atoms with Crippen molar-refractivity contribution < 1.29 is 0 Å². The molecule has 140 valence electrons. The van der Waals surface area contributed by atoms with Crippen molar-refractivity contribution in [2.75, 3.05) is 0 Å². The van der Waals surface area contributed by atoms with Gasteiger partial charge in [-0.1, -0.05) is 53.6 Å². The molecule has 0 unspecified atom stereocenters. The van der Waals surface area contributed by atoms with Gasteiger partial charge in [-0.3, -0.25) is 4.57 Å². The SMILES string of the molecule is Cc1cc(C)cc(-c2cc(C)c(-n3ccnc3-c3ccccc3C)c(C)c2)c1. The minimum absolute atomic E-state index is 0.989. The van der Waals surface area contributed by atoms with E-state index in [1.165, 1.54) is 50.2 Å². The van der Waals surface area contributed by atoms with Crippen LogP contribution in [0.25, 0.3) is 28.2 Å². The van der Waals surface area contributed by atoms with Gasteiger partial charge in [0.1, 0.15) is 5.82 Å². The molecule has 3 aromatic carbocycles. The molecule has 0 aliphatic heterocycles. The molecule has 0 bridgehead atoms. The fourth-order valence-corrected chi connectivity index (χ4v) is 4.15. The number of aryl methyl sites for hydroxylation is 5. The Balaban J connectivity index is 1.86. The molecule has 0 amide bonds. The monoisotopic (exact) mass is 366 g/mol. The lowest BCUT2D eigenvalue weighted by Gasteiger charge is -2.17. The van der Waals surface area contributed by atoms with Crippen LogP contribution in [-0.2, 0) is 0 Å². The highest BCUT2D eigenvalue weighted by atomic mass is 15.1. The van der Waals surface area contributed by atoms with Gasteiger partial charge in [0.25, 0.3) is 0 Å². The molecule has 28 heavy (non-hydrogen) atoms. The normalized spacial score (nSPS) is 11.0. The Bertz CT molecular complexity index is 1120. The Kier molecular flexibility index (Phi) is 4.64. The smallest absolute Gasteiger partial charge is 0.144 e. The van der Waals surface area contributed by atoms with Crippen LogP contribution in [-0.4, -0.2) is 9.55 Å². The standard InChI is InChI=1S/C26H26N2/c1-17-12-18(2)14-22(13-17)23-15-20(4)25(21(5)16-23)28-11-10-27-26(28)24-9-7-6-8-19(24)3/h6-16H,1-5H3. The van der Waals surface area contributed by atoms with Crippen molar-refractivity contribution in [3.63, 3.8) is 0 Å². The summed E-state index contributed by atoms with van der Waals surface area (Å²) in [5.74, 6) is 0.989. The number of hydrogen-bond acceptors (Lipinski definition) is 1. The molecule has 4 aromatic rings. The van der Waals surface area contributed by atoms with E-state index in [0.717, 1.165) is 5.82 Å². The van der Waals surface area contributed by atoms with Crippen LogP contribution in [0.5, 0.6) is 0 Å². The second-order valence-corrected chi connectivity index (χ2v) is 7.77. The molecule has 0 saturated heterocycles. The molecular formula is C26H26N2. The van der Waals surface area contributed by atoms with Gasteiger partial charge < -0.3 is 0 Å². The zero-order valence-electron chi connectivity index (χ0n) is 17.2. The summed E-state index contributed by atoms with van der Waals surface area (Å²) >= 11 is 0. The molecule has 2 nitrogen and oxygen atoms in total. The molecule has 0 saturated carbocycles. The number of benzene rings is 3. The van der Waals surface area contributed by atoms with Gasteiger partial charge in [0.05, 0.1) is 5.69 Å². The van der Waals surface area contributed by atoms with E-state index in [1.54, 1.807) is 0 Å². The van der Waals surface area contributed by atoms with Crippen LogP contribution in [0.2, 0.25) is 0 Å². The maximum Gasteiger partial charge on any atom is 0.144 e. The Morgan fingerprint density at radius 1 is 0.679 bits per heavy atom. The largest absolute Gasteiger partial charge is 0.299 e. The van der Waals surface area contributed by atoms with Crippen LogP contribution in [0.4, 0.5) is 0 Å². The van der Waals surface area contributed by atoms with Gasteiger partial charge in [-0.15, -0.1) is 0 Å². The van der Waals surface area contributed by atoms with Gasteiger partial charge in [-0.05, 0) is 74.6 Å². The Morgan fingerprint density at radius 2 is 1.29 bits per heavy atom. The van der Waals surface area contributed by atoms with Crippen LogP contribution in [0.15, 0.2) is 67.0 Å². The van der Waals surface area contributed by atoms with Crippen molar-refractivity contribution in [3.05, 3.63) is 94.8 Å². The minimum atomic E-state index is 0.989. The highest BCUT2D eigenvalue weighted by Gasteiger charge is 2.14. The van der Waals surface area contributed by atoms with Crippen molar-refractivity contribution >= 4 is 0 Å². The minimum Gasteiger partial charge on any atom is -0.299 e. The molecule has 0 radical (unpaired) electrons. The topological polar surface area (TPSA) is 17.8 Å². The third kappa shape index (κ3) is 3.27.